The van der Waals surface area contributed by atoms with Gasteiger partial charge in [0.25, 0.3) is 0 Å². The molecule has 0 saturated carbocycles. The molecular weight excluding hydrogens is 1270 g/mol. The first-order valence-electron chi connectivity index (χ1n) is 29.9. The Labute approximate surface area is 518 Å². The number of nitrogens with one attached hydrogen (secondary N) is 2. The number of carbonyl (C=O) groups is 3. The molecule has 9 N–H and O–H groups in total. The van der Waals surface area contributed by atoms with E-state index < -0.39 is 96.7 Å². The summed E-state index contributed by atoms with van der Waals surface area (Å²) in [4.78, 5) is 121. The Balaban J connectivity index is 1.03. The minimum atomic E-state index is -7.18. The molecule has 1 spiro atoms. The monoisotopic (exact) mass is 1340 g/mol. The number of aromatic nitrogens is 2. The summed E-state index contributed by atoms with van der Waals surface area (Å²) in [6.07, 6.45) is -1.10. The van der Waals surface area contributed by atoms with Gasteiger partial charge in [0.2, 0.25) is 0 Å². The van der Waals surface area contributed by atoms with E-state index in [4.69, 9.17) is 33.9 Å². The number of amides is 2. The van der Waals surface area contributed by atoms with Crippen LogP contribution in [-0.2, 0) is 41.0 Å². The third kappa shape index (κ3) is 10.5. The van der Waals surface area contributed by atoms with Crippen LogP contribution in [0.1, 0.15) is 54.4 Å². The standard InChI is InChI=1S/C57H72N11O16P3Si3/c1-88(2,34-13-26-58-47(69)36-68(28-15-31-85(73,74)75,29-16-32-86(76,77)78)30-17-33-87(79,80)81)83-90(84-89(3,4)35-14-27-59-48(70)37-82-38-49(71)72)64-50-39-18-5-6-19-40(39)51(64)61-53-43-22-9-10-23-44(43)55(66(53)90)63-57-46-25-12-11-24-45(46)56(67(57)90)62-54-42-21-8-7-20-41(42)52(60-50)65(54)90/h5-12,18-25H,13-17,26-38H2,1-4H3,(H8-,58,59,69,70,71,72,73,74,75,76,77,78,79,80,81)/p+1. The van der Waals surface area contributed by atoms with Crippen LogP contribution in [0.15, 0.2) is 117 Å². The van der Waals surface area contributed by atoms with Crippen molar-refractivity contribution in [3.8, 4) is 0 Å². The summed E-state index contributed by atoms with van der Waals surface area (Å²) in [5, 5.41) is 18.3. The first-order chi connectivity index (χ1) is 42.5. The van der Waals surface area contributed by atoms with E-state index >= 15 is 0 Å². The van der Waals surface area contributed by atoms with Crippen molar-refractivity contribution in [1.29, 1.82) is 0 Å². The molecular formula is C57H73N11O16P3Si3+. The van der Waals surface area contributed by atoms with E-state index in [9.17, 15) is 61.6 Å². The first-order valence-corrected chi connectivity index (χ1v) is 44.2. The van der Waals surface area contributed by atoms with Gasteiger partial charge in [-0.2, -0.15) is 0 Å². The molecule has 0 fully saturated rings. The molecule has 27 nitrogen and oxygen atoms in total. The van der Waals surface area contributed by atoms with Crippen molar-refractivity contribution in [1.82, 2.24) is 19.1 Å². The Hall–Kier alpha value is -6.41. The van der Waals surface area contributed by atoms with E-state index in [1.807, 2.05) is 97.1 Å². The molecule has 2 amide bonds. The Morgan fingerprint density at radius 3 is 1.33 bits per heavy atom. The van der Waals surface area contributed by atoms with Crippen LogP contribution in [0.4, 0.5) is 11.6 Å². The molecule has 0 unspecified atom stereocenters. The molecule has 90 heavy (non-hydrogen) atoms. The van der Waals surface area contributed by atoms with Crippen LogP contribution in [0.25, 0.3) is 21.5 Å². The van der Waals surface area contributed by atoms with Crippen molar-refractivity contribution in [3.05, 3.63) is 130 Å². The van der Waals surface area contributed by atoms with Gasteiger partial charge in [0.05, 0.1) is 0 Å². The van der Waals surface area contributed by atoms with Crippen molar-refractivity contribution in [2.45, 2.75) is 70.4 Å². The Bertz CT molecular complexity index is 4270. The number of carboxylic acids is 1. The number of carboxylic acid groups (broad SMARTS) is 1. The predicted molar refractivity (Wildman–Crippen MR) is 342 cm³/mol. The van der Waals surface area contributed by atoms with E-state index in [0.29, 0.717) is 70.9 Å². The fraction of sp³-hybridized carbons (Fsp3) is 0.386. The molecule has 6 aliphatic rings. The van der Waals surface area contributed by atoms with Gasteiger partial charge in [0.15, 0.2) is 0 Å². The molecule has 0 saturated heterocycles. The number of fused-ring (bicyclic) bond motifs is 12. The number of nitrogens with zero attached hydrogens (tertiary/aromatic N) is 9. The summed E-state index contributed by atoms with van der Waals surface area (Å²) >= 11 is 0. The minimum absolute atomic E-state index is 0.0220. The van der Waals surface area contributed by atoms with Crippen LogP contribution < -0.4 is 21.6 Å². The predicted octanol–water partition coefficient (Wildman–Crippen LogP) is 4.40. The summed E-state index contributed by atoms with van der Waals surface area (Å²) in [5.74, 6) is 1.03. The summed E-state index contributed by atoms with van der Waals surface area (Å²) in [6, 6.07) is 32.8. The number of hydrogen-bond donors (Lipinski definition) is 9. The van der Waals surface area contributed by atoms with Gasteiger partial charge in [-0.25, -0.2) is 0 Å². The number of aliphatic imine (C=N–C) groups is 2. The molecule has 0 radical (unpaired) electrons. The fourth-order valence-electron chi connectivity index (χ4n) is 14.8. The second kappa shape index (κ2) is 22.4. The SMILES string of the molecule is C[Si](C)(CCCNC(=O)COCC(=O)O)O[Si-2]123(O[Si](C)(C)CCCNC(=O)C[N+](CCCP(=O)(O)O)(CCCP(=O)(O)O)CCCP(=O)(O)O)n4c5c6ccccc6c4N=C4c6ccccc6C(=[N+]41)N=c1c4ccccc4c(n12)=NC1=[N+]3C(=N5)c2ccccc21. The van der Waals surface area contributed by atoms with Crippen LogP contribution in [0.2, 0.25) is 38.3 Å². The molecule has 12 rings (SSSR count). The van der Waals surface area contributed by atoms with Gasteiger partial charge >= 0.3 is 478 Å². The Kier molecular flexibility index (Phi) is 15.9. The number of aliphatic carboxylic acids is 1. The number of amidine groups is 4. The van der Waals surface area contributed by atoms with Crippen molar-refractivity contribution in [2.24, 2.45) is 20.0 Å². The Morgan fingerprint density at radius 2 is 0.922 bits per heavy atom. The van der Waals surface area contributed by atoms with Gasteiger partial charge in [-0.3, -0.25) is 13.7 Å². The molecule has 8 heterocycles. The van der Waals surface area contributed by atoms with Crippen LogP contribution in [-0.4, -0.2) is 192 Å². The first kappa shape index (κ1) is 63.7. The van der Waals surface area contributed by atoms with Crippen molar-refractivity contribution in [2.75, 3.05) is 71.0 Å². The second-order valence-corrected chi connectivity index (χ2v) is 45.0. The quantitative estimate of drug-likeness (QED) is 0.0131. The molecule has 2 aromatic heterocycles. The van der Waals surface area contributed by atoms with Gasteiger partial charge in [0.1, 0.15) is 0 Å². The van der Waals surface area contributed by atoms with Gasteiger partial charge in [-0.05, 0) is 0 Å². The summed E-state index contributed by atoms with van der Waals surface area (Å²) in [6.45, 7) is 7.39. The maximum atomic E-state index is 14.5. The average molecular weight is 1350 g/mol. The molecule has 0 atom stereocenters. The van der Waals surface area contributed by atoms with Crippen LogP contribution in [0, 0.1) is 0 Å². The van der Waals surface area contributed by atoms with Crippen LogP contribution in [0.5, 0.6) is 0 Å². The zero-order chi connectivity index (χ0) is 64.1. The van der Waals surface area contributed by atoms with Crippen molar-refractivity contribution >= 4 is 121 Å². The molecule has 0 bridgehead atoms. The van der Waals surface area contributed by atoms with Crippen LogP contribution >= 0.6 is 22.8 Å². The van der Waals surface area contributed by atoms with Gasteiger partial charge in [-0.1, -0.05) is 0 Å². The van der Waals surface area contributed by atoms with E-state index in [-0.39, 0.29) is 63.0 Å². The molecule has 33 heteroatoms. The van der Waals surface area contributed by atoms with E-state index in [1.54, 1.807) is 0 Å². The van der Waals surface area contributed by atoms with Gasteiger partial charge < -0.3 is 29.4 Å². The number of hydrogen-bond acceptors (Lipinski definition) is 13. The normalized spacial score (nSPS) is 17.8. The van der Waals surface area contributed by atoms with Gasteiger partial charge in [0, 0.05) is 0 Å². The molecule has 6 aliphatic heterocycles. The zero-order valence-electron chi connectivity index (χ0n) is 50.1. The topological polar surface area (TPSA) is 361 Å². The molecule has 0 aliphatic carbocycles. The number of benzene rings is 4. The van der Waals surface area contributed by atoms with Crippen LogP contribution in [0.3, 0.4) is 0 Å². The third-order valence-electron chi connectivity index (χ3n) is 17.8. The van der Waals surface area contributed by atoms with E-state index in [0.717, 1.165) is 43.8 Å². The summed E-state index contributed by atoms with van der Waals surface area (Å²) in [5.41, 5.74) is 4.18. The van der Waals surface area contributed by atoms with Crippen molar-refractivity contribution < 1.29 is 88.5 Å². The van der Waals surface area contributed by atoms with Gasteiger partial charge in [-0.15, -0.1) is 0 Å². The molecule has 6 aromatic rings. The van der Waals surface area contributed by atoms with E-state index in [2.05, 4.69) is 53.8 Å². The summed E-state index contributed by atoms with van der Waals surface area (Å²) < 4.78 is 68.3. The number of rotatable bonds is 30. The molecule has 4 aromatic carbocycles. The third-order valence-corrected chi connectivity index (χ3v) is 37.2. The second-order valence-electron chi connectivity index (χ2n) is 25.4. The maximum absolute atomic E-state index is 14.5. The van der Waals surface area contributed by atoms with E-state index in [1.165, 1.54) is 0 Å². The summed E-state index contributed by atoms with van der Waals surface area (Å²) in [7, 11) is -27.8. The fourth-order valence-corrected chi connectivity index (χ4v) is 38.7. The number of quaternary nitrogens is 1. The number of carbonyl (C=O) groups excluding carboxylic acids is 2. The number of ether oxygens (including phenoxy) is 1. The average Bonchev–Trinajstić information content (AvgIpc) is 1.25. The zero-order valence-corrected chi connectivity index (χ0v) is 55.8. The van der Waals surface area contributed by atoms with Crippen molar-refractivity contribution in [3.63, 3.8) is 0 Å². The Morgan fingerprint density at radius 1 is 0.533 bits per heavy atom. The molecule has 478 valence electrons.